The predicted octanol–water partition coefficient (Wildman–Crippen LogP) is 2.71. The van der Waals surface area contributed by atoms with Crippen molar-refractivity contribution in [3.63, 3.8) is 0 Å². The summed E-state index contributed by atoms with van der Waals surface area (Å²) in [6.45, 7) is 8.48. The first kappa shape index (κ1) is 19.0. The summed E-state index contributed by atoms with van der Waals surface area (Å²) in [5.74, 6) is 0.903. The molecule has 2 rings (SSSR count). The zero-order valence-electron chi connectivity index (χ0n) is 14.7. The maximum Gasteiger partial charge on any atom is 0.191 e. The Morgan fingerprint density at radius 2 is 2.08 bits per heavy atom. The molecule has 6 heteroatoms. The van der Waals surface area contributed by atoms with E-state index in [1.54, 1.807) is 0 Å². The van der Waals surface area contributed by atoms with E-state index < -0.39 is 0 Å². The van der Waals surface area contributed by atoms with Crippen LogP contribution in [0.3, 0.4) is 0 Å². The van der Waals surface area contributed by atoms with Gasteiger partial charge >= 0.3 is 0 Å². The lowest BCUT2D eigenvalue weighted by Crippen LogP contribution is -2.38. The van der Waals surface area contributed by atoms with Crippen molar-refractivity contribution in [1.29, 1.82) is 0 Å². The minimum atomic E-state index is 0.538. The van der Waals surface area contributed by atoms with Gasteiger partial charge in [0, 0.05) is 25.8 Å². The Hall–Kier alpha value is -1.33. The number of nitrogens with one attached hydrogen (secondary N) is 2. The Morgan fingerprint density at radius 3 is 2.79 bits per heavy atom. The molecule has 0 spiro atoms. The standard InChI is InChI=1S/C18H30ClN5/c1-2-20-18(21-10-3-4-12-24-13-5-6-14-24)22-11-9-16-7-8-17(19)23-15-16/h7-8,15H,2-6,9-14H2,1H3,(H2,20,21,22). The molecule has 2 heterocycles. The number of pyridine rings is 1. The van der Waals surface area contributed by atoms with Gasteiger partial charge in [0.1, 0.15) is 5.15 Å². The second kappa shape index (κ2) is 11.3. The highest BCUT2D eigenvalue weighted by atomic mass is 35.5. The number of nitrogens with zero attached hydrogens (tertiary/aromatic N) is 3. The van der Waals surface area contributed by atoms with Crippen molar-refractivity contribution in [2.75, 3.05) is 39.3 Å². The van der Waals surface area contributed by atoms with Gasteiger partial charge in [0.2, 0.25) is 0 Å². The van der Waals surface area contributed by atoms with Crippen molar-refractivity contribution in [3.05, 3.63) is 29.0 Å². The lowest BCUT2D eigenvalue weighted by Gasteiger charge is -2.14. The van der Waals surface area contributed by atoms with Gasteiger partial charge in [0.15, 0.2) is 5.96 Å². The molecule has 0 radical (unpaired) electrons. The summed E-state index contributed by atoms with van der Waals surface area (Å²) >= 11 is 5.80. The van der Waals surface area contributed by atoms with Crippen LogP contribution in [-0.2, 0) is 6.42 Å². The smallest absolute Gasteiger partial charge is 0.191 e. The lowest BCUT2D eigenvalue weighted by molar-refractivity contribution is 0.331. The van der Waals surface area contributed by atoms with Gasteiger partial charge in [-0.1, -0.05) is 17.7 Å². The monoisotopic (exact) mass is 351 g/mol. The SMILES string of the molecule is CCNC(=NCCCCN1CCCC1)NCCc1ccc(Cl)nc1. The number of guanidine groups is 1. The molecule has 2 N–H and O–H groups in total. The summed E-state index contributed by atoms with van der Waals surface area (Å²) in [7, 11) is 0. The highest BCUT2D eigenvalue weighted by molar-refractivity contribution is 6.29. The first-order chi connectivity index (χ1) is 11.8. The van der Waals surface area contributed by atoms with E-state index in [-0.39, 0.29) is 0 Å². The number of hydrogen-bond donors (Lipinski definition) is 2. The third-order valence-electron chi connectivity index (χ3n) is 4.19. The molecule has 1 aromatic heterocycles. The topological polar surface area (TPSA) is 52.6 Å². The van der Waals surface area contributed by atoms with E-state index in [1.165, 1.54) is 44.5 Å². The minimum absolute atomic E-state index is 0.538. The molecule has 0 atom stereocenters. The van der Waals surface area contributed by atoms with Crippen molar-refractivity contribution in [1.82, 2.24) is 20.5 Å². The maximum atomic E-state index is 5.80. The number of halogens is 1. The van der Waals surface area contributed by atoms with Gasteiger partial charge in [-0.25, -0.2) is 4.98 Å². The molecule has 134 valence electrons. The third kappa shape index (κ3) is 7.49. The maximum absolute atomic E-state index is 5.80. The third-order valence-corrected chi connectivity index (χ3v) is 4.41. The Balaban J connectivity index is 1.63. The molecular formula is C18H30ClN5. The fourth-order valence-corrected chi connectivity index (χ4v) is 2.98. The first-order valence-electron chi connectivity index (χ1n) is 9.13. The second-order valence-corrected chi connectivity index (χ2v) is 6.57. The zero-order chi connectivity index (χ0) is 17.0. The van der Waals surface area contributed by atoms with Crippen LogP contribution in [0.1, 0.15) is 38.2 Å². The van der Waals surface area contributed by atoms with Crippen LogP contribution in [0.2, 0.25) is 5.15 Å². The summed E-state index contributed by atoms with van der Waals surface area (Å²) in [6.07, 6.45) is 7.86. The molecule has 0 amide bonds. The Labute approximate surface area is 150 Å². The van der Waals surface area contributed by atoms with E-state index in [4.69, 9.17) is 11.6 Å². The number of likely N-dealkylation sites (tertiary alicyclic amines) is 1. The highest BCUT2D eigenvalue weighted by Crippen LogP contribution is 2.08. The molecule has 0 aliphatic carbocycles. The number of aromatic nitrogens is 1. The van der Waals surface area contributed by atoms with Gasteiger partial charge in [0.05, 0.1) is 0 Å². The van der Waals surface area contributed by atoms with Crippen LogP contribution in [0.5, 0.6) is 0 Å². The fourth-order valence-electron chi connectivity index (χ4n) is 2.87. The molecule has 1 saturated heterocycles. The van der Waals surface area contributed by atoms with Crippen LogP contribution in [0.4, 0.5) is 0 Å². The minimum Gasteiger partial charge on any atom is -0.357 e. The van der Waals surface area contributed by atoms with E-state index in [0.29, 0.717) is 5.15 Å². The summed E-state index contributed by atoms with van der Waals surface area (Å²) < 4.78 is 0. The number of aliphatic imine (C=N–C) groups is 1. The normalized spacial score (nSPS) is 15.7. The van der Waals surface area contributed by atoms with E-state index in [0.717, 1.165) is 38.4 Å². The molecule has 5 nitrogen and oxygen atoms in total. The van der Waals surface area contributed by atoms with Crippen LogP contribution in [0, 0.1) is 0 Å². The first-order valence-corrected chi connectivity index (χ1v) is 9.50. The molecule has 0 aromatic carbocycles. The average molecular weight is 352 g/mol. The van der Waals surface area contributed by atoms with Gasteiger partial charge in [-0.15, -0.1) is 0 Å². The van der Waals surface area contributed by atoms with Crippen molar-refractivity contribution >= 4 is 17.6 Å². The molecular weight excluding hydrogens is 322 g/mol. The van der Waals surface area contributed by atoms with Crippen LogP contribution in [-0.4, -0.2) is 55.1 Å². The molecule has 1 aromatic rings. The second-order valence-electron chi connectivity index (χ2n) is 6.18. The van der Waals surface area contributed by atoms with Gasteiger partial charge in [0.25, 0.3) is 0 Å². The van der Waals surface area contributed by atoms with Crippen molar-refractivity contribution in [3.8, 4) is 0 Å². The molecule has 1 aliphatic rings. The Bertz CT molecular complexity index is 483. The van der Waals surface area contributed by atoms with E-state index in [1.807, 2.05) is 18.3 Å². The van der Waals surface area contributed by atoms with Crippen molar-refractivity contribution < 1.29 is 0 Å². The van der Waals surface area contributed by atoms with E-state index >= 15 is 0 Å². The zero-order valence-corrected chi connectivity index (χ0v) is 15.5. The molecule has 24 heavy (non-hydrogen) atoms. The van der Waals surface area contributed by atoms with Gasteiger partial charge in [-0.3, -0.25) is 4.99 Å². The largest absolute Gasteiger partial charge is 0.357 e. The Kier molecular flexibility index (Phi) is 8.92. The van der Waals surface area contributed by atoms with Crippen LogP contribution >= 0.6 is 11.6 Å². The van der Waals surface area contributed by atoms with E-state index in [9.17, 15) is 0 Å². The lowest BCUT2D eigenvalue weighted by atomic mass is 10.2. The van der Waals surface area contributed by atoms with Gasteiger partial charge < -0.3 is 15.5 Å². The number of unbranched alkanes of at least 4 members (excludes halogenated alkanes) is 1. The van der Waals surface area contributed by atoms with Crippen LogP contribution < -0.4 is 10.6 Å². The predicted molar refractivity (Wildman–Crippen MR) is 102 cm³/mol. The van der Waals surface area contributed by atoms with Crippen LogP contribution in [0.25, 0.3) is 0 Å². The summed E-state index contributed by atoms with van der Waals surface area (Å²) in [5, 5.41) is 7.22. The van der Waals surface area contributed by atoms with Gasteiger partial charge in [-0.2, -0.15) is 0 Å². The Morgan fingerprint density at radius 1 is 1.25 bits per heavy atom. The summed E-state index contributed by atoms with van der Waals surface area (Å²) in [4.78, 5) is 11.3. The molecule has 1 aliphatic heterocycles. The van der Waals surface area contributed by atoms with E-state index in [2.05, 4.69) is 32.4 Å². The van der Waals surface area contributed by atoms with Crippen molar-refractivity contribution in [2.24, 2.45) is 4.99 Å². The average Bonchev–Trinajstić information content (AvgIpc) is 3.10. The summed E-state index contributed by atoms with van der Waals surface area (Å²) in [6, 6.07) is 3.84. The fraction of sp³-hybridized carbons (Fsp3) is 0.667. The molecule has 0 unspecified atom stereocenters. The quantitative estimate of drug-likeness (QED) is 0.311. The number of rotatable bonds is 9. The summed E-state index contributed by atoms with van der Waals surface area (Å²) in [5.41, 5.74) is 1.17. The molecule has 1 fully saturated rings. The number of hydrogen-bond acceptors (Lipinski definition) is 3. The van der Waals surface area contributed by atoms with Gasteiger partial charge in [-0.05, 0) is 70.3 Å². The highest BCUT2D eigenvalue weighted by Gasteiger charge is 2.09. The van der Waals surface area contributed by atoms with Crippen LogP contribution in [0.15, 0.2) is 23.3 Å². The molecule has 0 saturated carbocycles. The molecule has 0 bridgehead atoms. The van der Waals surface area contributed by atoms with Crippen molar-refractivity contribution in [2.45, 2.75) is 39.0 Å².